The number of hydrogen-bond acceptors (Lipinski definition) is 2. The summed E-state index contributed by atoms with van der Waals surface area (Å²) >= 11 is 0. The summed E-state index contributed by atoms with van der Waals surface area (Å²) in [6, 6.07) is 4.46. The number of rotatable bonds is 4. The van der Waals surface area contributed by atoms with Gasteiger partial charge in [0.2, 0.25) is 0 Å². The van der Waals surface area contributed by atoms with Crippen LogP contribution < -0.4 is 10.2 Å². The number of fused-ring (bicyclic) bond motifs is 1. The molecule has 3 rings (SSSR count). The predicted octanol–water partition coefficient (Wildman–Crippen LogP) is 3.49. The summed E-state index contributed by atoms with van der Waals surface area (Å²) in [5.74, 6) is 0.297. The van der Waals surface area contributed by atoms with E-state index in [9.17, 15) is 9.18 Å². The molecule has 2 aliphatic rings. The molecule has 1 heterocycles. The third-order valence-corrected chi connectivity index (χ3v) is 4.93. The van der Waals surface area contributed by atoms with Crippen LogP contribution in [0.25, 0.3) is 0 Å². The lowest BCUT2D eigenvalue weighted by Gasteiger charge is -2.28. The van der Waals surface area contributed by atoms with Crippen molar-refractivity contribution in [3.8, 4) is 0 Å². The summed E-state index contributed by atoms with van der Waals surface area (Å²) < 4.78 is 19.3. The Morgan fingerprint density at radius 2 is 2.22 bits per heavy atom. The van der Waals surface area contributed by atoms with Gasteiger partial charge in [-0.05, 0) is 42.9 Å². The SMILES string of the molecule is C[C@H]1CCCC[C@@H]1OCCNC(=O)N1CCc2ccc(F)cc21. The Kier molecular flexibility index (Phi) is 5.16. The van der Waals surface area contributed by atoms with Crippen LogP contribution in [-0.4, -0.2) is 31.8 Å². The van der Waals surface area contributed by atoms with Crippen LogP contribution in [-0.2, 0) is 11.2 Å². The molecule has 126 valence electrons. The quantitative estimate of drug-likeness (QED) is 0.863. The second-order valence-corrected chi connectivity index (χ2v) is 6.58. The first-order chi connectivity index (χ1) is 11.1. The summed E-state index contributed by atoms with van der Waals surface area (Å²) in [6.07, 6.45) is 5.97. The van der Waals surface area contributed by atoms with Gasteiger partial charge < -0.3 is 10.1 Å². The maximum atomic E-state index is 13.4. The molecule has 0 radical (unpaired) electrons. The Morgan fingerprint density at radius 3 is 3.04 bits per heavy atom. The normalized spacial score (nSPS) is 23.7. The number of hydrogen-bond donors (Lipinski definition) is 1. The lowest BCUT2D eigenvalue weighted by atomic mass is 9.88. The zero-order valence-corrected chi connectivity index (χ0v) is 13.7. The van der Waals surface area contributed by atoms with Crippen LogP contribution in [0.1, 0.15) is 38.2 Å². The highest BCUT2D eigenvalue weighted by Crippen LogP contribution is 2.28. The average Bonchev–Trinajstić information content (AvgIpc) is 2.96. The fourth-order valence-electron chi connectivity index (χ4n) is 3.56. The molecule has 1 aliphatic heterocycles. The minimum absolute atomic E-state index is 0.172. The van der Waals surface area contributed by atoms with Crippen molar-refractivity contribution >= 4 is 11.7 Å². The van der Waals surface area contributed by atoms with Crippen LogP contribution in [0.2, 0.25) is 0 Å². The average molecular weight is 320 g/mol. The van der Waals surface area contributed by atoms with Gasteiger partial charge in [0.05, 0.1) is 18.4 Å². The molecule has 1 aromatic rings. The summed E-state index contributed by atoms with van der Waals surface area (Å²) in [6.45, 7) is 3.86. The first kappa shape index (κ1) is 16.2. The lowest BCUT2D eigenvalue weighted by molar-refractivity contribution is -0.00237. The molecule has 0 bridgehead atoms. The number of anilines is 1. The van der Waals surface area contributed by atoms with E-state index in [-0.39, 0.29) is 11.8 Å². The molecular weight excluding hydrogens is 295 g/mol. The van der Waals surface area contributed by atoms with Crippen molar-refractivity contribution < 1.29 is 13.9 Å². The molecule has 2 amide bonds. The highest BCUT2D eigenvalue weighted by atomic mass is 19.1. The van der Waals surface area contributed by atoms with E-state index >= 15 is 0 Å². The van der Waals surface area contributed by atoms with Crippen LogP contribution >= 0.6 is 0 Å². The molecule has 1 aromatic carbocycles. The van der Waals surface area contributed by atoms with Crippen molar-refractivity contribution in [2.75, 3.05) is 24.6 Å². The molecule has 1 saturated carbocycles. The number of ether oxygens (including phenoxy) is 1. The van der Waals surface area contributed by atoms with Gasteiger partial charge in [0, 0.05) is 13.1 Å². The fourth-order valence-corrected chi connectivity index (χ4v) is 3.56. The number of halogens is 1. The maximum Gasteiger partial charge on any atom is 0.321 e. The van der Waals surface area contributed by atoms with Gasteiger partial charge >= 0.3 is 6.03 Å². The largest absolute Gasteiger partial charge is 0.376 e. The van der Waals surface area contributed by atoms with Crippen molar-refractivity contribution in [1.29, 1.82) is 0 Å². The summed E-state index contributed by atoms with van der Waals surface area (Å²) in [5, 5.41) is 2.88. The monoisotopic (exact) mass is 320 g/mol. The Hall–Kier alpha value is -1.62. The molecule has 0 unspecified atom stereocenters. The highest BCUT2D eigenvalue weighted by molar-refractivity contribution is 5.94. The number of urea groups is 1. The van der Waals surface area contributed by atoms with Crippen LogP contribution in [0.5, 0.6) is 0 Å². The molecule has 0 saturated heterocycles. The summed E-state index contributed by atoms with van der Waals surface area (Å²) in [5.41, 5.74) is 1.71. The van der Waals surface area contributed by atoms with E-state index in [2.05, 4.69) is 12.2 Å². The number of carbonyl (C=O) groups excluding carboxylic acids is 1. The second kappa shape index (κ2) is 7.30. The first-order valence-corrected chi connectivity index (χ1v) is 8.60. The van der Waals surface area contributed by atoms with Crippen LogP contribution in [0, 0.1) is 11.7 Å². The smallest absolute Gasteiger partial charge is 0.321 e. The number of nitrogens with zero attached hydrogens (tertiary/aromatic N) is 1. The van der Waals surface area contributed by atoms with Crippen molar-refractivity contribution in [2.24, 2.45) is 5.92 Å². The number of amides is 2. The predicted molar refractivity (Wildman–Crippen MR) is 88.2 cm³/mol. The fraction of sp³-hybridized carbons (Fsp3) is 0.611. The highest BCUT2D eigenvalue weighted by Gasteiger charge is 2.25. The van der Waals surface area contributed by atoms with Gasteiger partial charge in [-0.3, -0.25) is 4.90 Å². The van der Waals surface area contributed by atoms with E-state index < -0.39 is 0 Å². The third kappa shape index (κ3) is 3.83. The van der Waals surface area contributed by atoms with E-state index in [4.69, 9.17) is 4.74 Å². The van der Waals surface area contributed by atoms with Gasteiger partial charge in [-0.15, -0.1) is 0 Å². The number of nitrogens with one attached hydrogen (secondary N) is 1. The number of benzene rings is 1. The molecule has 1 fully saturated rings. The summed E-state index contributed by atoms with van der Waals surface area (Å²) in [7, 11) is 0. The minimum atomic E-state index is -0.307. The van der Waals surface area contributed by atoms with Crippen LogP contribution in [0.3, 0.4) is 0 Å². The molecule has 1 aliphatic carbocycles. The van der Waals surface area contributed by atoms with Crippen molar-refractivity contribution in [1.82, 2.24) is 5.32 Å². The van der Waals surface area contributed by atoms with Crippen molar-refractivity contribution in [2.45, 2.75) is 45.1 Å². The molecular formula is C18H25FN2O2. The van der Waals surface area contributed by atoms with Crippen LogP contribution in [0.15, 0.2) is 18.2 Å². The van der Waals surface area contributed by atoms with Gasteiger partial charge in [0.15, 0.2) is 0 Å². The Labute approximate surface area is 137 Å². The van der Waals surface area contributed by atoms with Crippen molar-refractivity contribution in [3.05, 3.63) is 29.6 Å². The topological polar surface area (TPSA) is 41.6 Å². The molecule has 4 nitrogen and oxygen atoms in total. The van der Waals surface area contributed by atoms with Crippen molar-refractivity contribution in [3.63, 3.8) is 0 Å². The standard InChI is InChI=1S/C18H25FN2O2/c1-13-4-2-3-5-17(13)23-11-9-20-18(22)21-10-8-14-6-7-15(19)12-16(14)21/h6-7,12-13,17H,2-5,8-11H2,1H3,(H,20,22)/t13-,17-/m0/s1. The van der Waals surface area contributed by atoms with E-state index in [1.807, 2.05) is 0 Å². The van der Waals surface area contributed by atoms with E-state index in [1.165, 1.54) is 31.4 Å². The van der Waals surface area contributed by atoms with Gasteiger partial charge in [-0.2, -0.15) is 0 Å². The zero-order valence-electron chi connectivity index (χ0n) is 13.7. The maximum absolute atomic E-state index is 13.4. The van der Waals surface area contributed by atoms with Gasteiger partial charge in [0.25, 0.3) is 0 Å². The van der Waals surface area contributed by atoms with E-state index in [0.717, 1.165) is 18.4 Å². The minimum Gasteiger partial charge on any atom is -0.376 e. The lowest BCUT2D eigenvalue weighted by Crippen LogP contribution is -2.41. The molecule has 23 heavy (non-hydrogen) atoms. The Morgan fingerprint density at radius 1 is 1.39 bits per heavy atom. The third-order valence-electron chi connectivity index (χ3n) is 4.93. The Bertz CT molecular complexity index is 564. The molecule has 5 heteroatoms. The van der Waals surface area contributed by atoms with E-state index in [1.54, 1.807) is 11.0 Å². The van der Waals surface area contributed by atoms with Crippen LogP contribution in [0.4, 0.5) is 14.9 Å². The molecule has 1 N–H and O–H groups in total. The number of carbonyl (C=O) groups is 1. The molecule has 0 aromatic heterocycles. The zero-order chi connectivity index (χ0) is 16.2. The Balaban J connectivity index is 1.45. The molecule has 0 spiro atoms. The van der Waals surface area contributed by atoms with Gasteiger partial charge in [-0.25, -0.2) is 9.18 Å². The first-order valence-electron chi connectivity index (χ1n) is 8.60. The van der Waals surface area contributed by atoms with Gasteiger partial charge in [-0.1, -0.05) is 25.8 Å². The van der Waals surface area contributed by atoms with E-state index in [0.29, 0.717) is 37.4 Å². The summed E-state index contributed by atoms with van der Waals surface area (Å²) in [4.78, 5) is 13.9. The van der Waals surface area contributed by atoms with Gasteiger partial charge in [0.1, 0.15) is 5.82 Å². The second-order valence-electron chi connectivity index (χ2n) is 6.58. The molecule has 2 atom stereocenters.